The van der Waals surface area contributed by atoms with Crippen molar-refractivity contribution in [2.75, 3.05) is 19.6 Å². The summed E-state index contributed by atoms with van der Waals surface area (Å²) in [5.74, 6) is 0.415. The van der Waals surface area contributed by atoms with Crippen molar-refractivity contribution in [2.24, 2.45) is 0 Å². The second-order valence-corrected chi connectivity index (χ2v) is 12.6. The van der Waals surface area contributed by atoms with Gasteiger partial charge in [0, 0.05) is 31.8 Å². The average Bonchev–Trinajstić information content (AvgIpc) is 2.87. The van der Waals surface area contributed by atoms with Gasteiger partial charge in [-0.05, 0) is 12.1 Å². The number of halogens is 1. The zero-order valence-electron chi connectivity index (χ0n) is 14.1. The van der Waals surface area contributed by atoms with E-state index in [0.717, 1.165) is 11.4 Å². The number of ether oxygens (including phenoxy) is 2. The number of Topliss-reactive ketones (excluding diaryl/α,β-unsaturated/α-hetero) is 1. The molecule has 0 aromatic carbocycles. The number of methoxy groups -OCH3 is 1. The lowest BCUT2D eigenvalue weighted by Crippen LogP contribution is -2.22. The highest BCUT2D eigenvalue weighted by atomic mass is 35.5. The van der Waals surface area contributed by atoms with Crippen LogP contribution >= 0.6 is 11.6 Å². The topological polar surface area (TPSA) is 53.3 Å². The maximum absolute atomic E-state index is 12.1. The summed E-state index contributed by atoms with van der Waals surface area (Å²) in [5, 5.41) is 0.740. The minimum absolute atomic E-state index is 0.0627. The number of alkyl halides is 1. The summed E-state index contributed by atoms with van der Waals surface area (Å²) in [6.07, 6.45) is 3.40. The summed E-state index contributed by atoms with van der Waals surface area (Å²) in [7, 11) is 0.454. The number of hydrogen-bond acceptors (Lipinski definition) is 4. The van der Waals surface area contributed by atoms with Gasteiger partial charge < -0.3 is 14.0 Å². The van der Waals surface area contributed by atoms with Crippen LogP contribution in [0.5, 0.6) is 5.75 Å². The van der Waals surface area contributed by atoms with Crippen LogP contribution in [-0.2, 0) is 11.5 Å². The number of carbonyl (C=O) groups is 1. The molecule has 0 fully saturated rings. The summed E-state index contributed by atoms with van der Waals surface area (Å²) in [6.45, 7) is 8.02. The Bertz CT molecular complexity index is 694. The smallest absolute Gasteiger partial charge is 0.179 e. The quantitative estimate of drug-likeness (QED) is 0.313. The molecule has 0 spiro atoms. The standard InChI is InChI=1S/C16H23ClN2O3Si/c1-21-12-7-13-14(15(20)8-17)10-19(16(13)18-9-12)11-22-5-6-23(2,3)4/h7,9-10H,5-6,8,11H2,1-4H3. The van der Waals surface area contributed by atoms with Crippen LogP contribution in [0.25, 0.3) is 11.0 Å². The number of aromatic nitrogens is 2. The Balaban J connectivity index is 2.24. The number of pyridine rings is 1. The molecule has 0 saturated carbocycles. The molecule has 0 radical (unpaired) electrons. The van der Waals surface area contributed by atoms with Crippen LogP contribution in [0.3, 0.4) is 0 Å². The highest BCUT2D eigenvalue weighted by Gasteiger charge is 2.17. The molecule has 0 aliphatic rings. The van der Waals surface area contributed by atoms with Gasteiger partial charge in [-0.25, -0.2) is 4.98 Å². The van der Waals surface area contributed by atoms with Crippen LogP contribution in [-0.4, -0.2) is 43.0 Å². The van der Waals surface area contributed by atoms with Crippen LogP contribution < -0.4 is 4.74 Å². The number of hydrogen-bond donors (Lipinski definition) is 0. The molecule has 2 aromatic heterocycles. The predicted molar refractivity (Wildman–Crippen MR) is 95.4 cm³/mol. The first-order valence-corrected chi connectivity index (χ1v) is 11.8. The Morgan fingerprint density at radius 3 is 2.74 bits per heavy atom. The molecule has 0 aliphatic heterocycles. The van der Waals surface area contributed by atoms with E-state index in [9.17, 15) is 4.79 Å². The molecule has 0 atom stereocenters. The molecule has 0 saturated heterocycles. The van der Waals surface area contributed by atoms with Crippen molar-refractivity contribution in [1.82, 2.24) is 9.55 Å². The maximum Gasteiger partial charge on any atom is 0.179 e. The summed E-state index contributed by atoms with van der Waals surface area (Å²) in [4.78, 5) is 16.4. The predicted octanol–water partition coefficient (Wildman–Crippen LogP) is 3.78. The van der Waals surface area contributed by atoms with Crippen molar-refractivity contribution in [3.05, 3.63) is 24.0 Å². The Hall–Kier alpha value is -1.37. The fraction of sp³-hybridized carbons (Fsp3) is 0.500. The number of nitrogens with zero attached hydrogens (tertiary/aromatic N) is 2. The van der Waals surface area contributed by atoms with Gasteiger partial charge in [0.05, 0.1) is 19.2 Å². The monoisotopic (exact) mass is 354 g/mol. The summed E-state index contributed by atoms with van der Waals surface area (Å²) >= 11 is 5.71. The second kappa shape index (κ2) is 7.46. The van der Waals surface area contributed by atoms with Gasteiger partial charge in [0.1, 0.15) is 18.1 Å². The molecule has 126 valence electrons. The van der Waals surface area contributed by atoms with Gasteiger partial charge in [0.2, 0.25) is 0 Å². The van der Waals surface area contributed by atoms with Gasteiger partial charge >= 0.3 is 0 Å². The number of carbonyl (C=O) groups excluding carboxylic acids is 1. The average molecular weight is 355 g/mol. The normalized spacial score (nSPS) is 11.9. The maximum atomic E-state index is 12.1. The van der Waals surface area contributed by atoms with E-state index >= 15 is 0 Å². The molecule has 0 amide bonds. The molecule has 0 aliphatic carbocycles. The van der Waals surface area contributed by atoms with Gasteiger partial charge in [0.25, 0.3) is 0 Å². The Kier molecular flexibility index (Phi) is 5.83. The molecule has 0 N–H and O–H groups in total. The molecule has 0 unspecified atom stereocenters. The highest BCUT2D eigenvalue weighted by molar-refractivity contribution is 6.76. The van der Waals surface area contributed by atoms with Crippen LogP contribution in [0, 0.1) is 0 Å². The van der Waals surface area contributed by atoms with E-state index in [0.29, 0.717) is 30.3 Å². The fourth-order valence-electron chi connectivity index (χ4n) is 2.20. The number of rotatable bonds is 8. The molecule has 7 heteroatoms. The molecular weight excluding hydrogens is 332 g/mol. The van der Waals surface area contributed by atoms with E-state index in [1.54, 1.807) is 25.6 Å². The van der Waals surface area contributed by atoms with Gasteiger partial charge in [-0.3, -0.25) is 4.79 Å². The Morgan fingerprint density at radius 2 is 2.13 bits per heavy atom. The van der Waals surface area contributed by atoms with Crippen molar-refractivity contribution in [3.63, 3.8) is 0 Å². The first-order valence-electron chi connectivity index (χ1n) is 7.55. The third-order valence-corrected chi connectivity index (χ3v) is 5.52. The molecule has 2 heterocycles. The zero-order chi connectivity index (χ0) is 17.0. The molecule has 2 rings (SSSR count). The zero-order valence-corrected chi connectivity index (χ0v) is 15.8. The SMILES string of the molecule is COc1cnc2c(c1)c(C(=O)CCl)cn2COCC[Si](C)(C)C. The van der Waals surface area contributed by atoms with Crippen molar-refractivity contribution >= 4 is 36.5 Å². The first kappa shape index (κ1) is 18.0. The van der Waals surface area contributed by atoms with Crippen LogP contribution in [0.1, 0.15) is 10.4 Å². The van der Waals surface area contributed by atoms with Crippen molar-refractivity contribution < 1.29 is 14.3 Å². The summed E-state index contributed by atoms with van der Waals surface area (Å²) < 4.78 is 12.8. The summed E-state index contributed by atoms with van der Waals surface area (Å²) in [5.41, 5.74) is 1.25. The molecule has 23 heavy (non-hydrogen) atoms. The largest absolute Gasteiger partial charge is 0.495 e. The number of ketones is 1. The Morgan fingerprint density at radius 1 is 1.39 bits per heavy atom. The van der Waals surface area contributed by atoms with Gasteiger partial charge in [-0.1, -0.05) is 19.6 Å². The minimum atomic E-state index is -1.12. The highest BCUT2D eigenvalue weighted by Crippen LogP contribution is 2.25. The van der Waals surface area contributed by atoms with Crippen LogP contribution in [0.4, 0.5) is 0 Å². The van der Waals surface area contributed by atoms with Crippen LogP contribution in [0.15, 0.2) is 18.5 Å². The van der Waals surface area contributed by atoms with E-state index in [1.165, 1.54) is 0 Å². The van der Waals surface area contributed by atoms with E-state index in [-0.39, 0.29) is 11.7 Å². The van der Waals surface area contributed by atoms with Crippen molar-refractivity contribution in [2.45, 2.75) is 32.4 Å². The van der Waals surface area contributed by atoms with Gasteiger partial charge in [0.15, 0.2) is 5.78 Å². The first-order chi connectivity index (χ1) is 10.9. The molecule has 2 aromatic rings. The van der Waals surface area contributed by atoms with Crippen LogP contribution in [0.2, 0.25) is 25.7 Å². The van der Waals surface area contributed by atoms with E-state index < -0.39 is 8.07 Å². The van der Waals surface area contributed by atoms with Crippen molar-refractivity contribution in [1.29, 1.82) is 0 Å². The molecule has 0 bridgehead atoms. The third-order valence-electron chi connectivity index (χ3n) is 3.57. The third kappa shape index (κ3) is 4.56. The van der Waals surface area contributed by atoms with E-state index in [2.05, 4.69) is 24.6 Å². The summed E-state index contributed by atoms with van der Waals surface area (Å²) in [6, 6.07) is 2.90. The lowest BCUT2D eigenvalue weighted by atomic mass is 10.1. The fourth-order valence-corrected chi connectivity index (χ4v) is 3.10. The van der Waals surface area contributed by atoms with Gasteiger partial charge in [-0.15, -0.1) is 11.6 Å². The Labute approximate surface area is 142 Å². The second-order valence-electron chi connectivity index (χ2n) is 6.66. The molecular formula is C16H23ClN2O3Si. The van der Waals surface area contributed by atoms with E-state index in [4.69, 9.17) is 21.1 Å². The molecule has 5 nitrogen and oxygen atoms in total. The minimum Gasteiger partial charge on any atom is -0.495 e. The lowest BCUT2D eigenvalue weighted by Gasteiger charge is -2.15. The van der Waals surface area contributed by atoms with Crippen molar-refractivity contribution in [3.8, 4) is 5.75 Å². The van der Waals surface area contributed by atoms with E-state index in [1.807, 2.05) is 4.57 Å². The lowest BCUT2D eigenvalue weighted by molar-refractivity contribution is 0.0895. The number of fused-ring (bicyclic) bond motifs is 1. The van der Waals surface area contributed by atoms with Gasteiger partial charge in [-0.2, -0.15) is 0 Å².